The molecule has 4 heterocycles. The molecule has 1 aliphatic heterocycles. The summed E-state index contributed by atoms with van der Waals surface area (Å²) in [6, 6.07) is 5.06. The quantitative estimate of drug-likeness (QED) is 0.651. The highest BCUT2D eigenvalue weighted by molar-refractivity contribution is 9.10. The van der Waals surface area contributed by atoms with Crippen LogP contribution in [-0.2, 0) is 0 Å². The minimum Gasteiger partial charge on any atom is -0.408 e. The molecule has 4 rings (SSSR count). The summed E-state index contributed by atoms with van der Waals surface area (Å²) in [6.45, 7) is 0.846. The third-order valence-electron chi connectivity index (χ3n) is 4.37. The Bertz CT molecular complexity index is 964. The molecule has 27 heavy (non-hydrogen) atoms. The fourth-order valence-corrected chi connectivity index (χ4v) is 3.48. The molecular weight excluding hydrogens is 416 g/mol. The fourth-order valence-electron chi connectivity index (χ4n) is 3.13. The van der Waals surface area contributed by atoms with Gasteiger partial charge >= 0.3 is 6.09 Å². The molecule has 0 saturated carbocycles. The number of nitrogens with zero attached hydrogens (tertiary/aromatic N) is 5. The largest absolute Gasteiger partial charge is 0.418 e. The molecule has 2 N–H and O–H groups in total. The van der Waals surface area contributed by atoms with E-state index in [-0.39, 0.29) is 12.6 Å². The summed E-state index contributed by atoms with van der Waals surface area (Å²) >= 11 is 3.43. The van der Waals surface area contributed by atoms with Crippen LogP contribution in [0.25, 0.3) is 5.65 Å². The maximum Gasteiger partial charge on any atom is 0.418 e. The summed E-state index contributed by atoms with van der Waals surface area (Å²) in [5.41, 5.74) is 0.563. The van der Waals surface area contributed by atoms with Crippen LogP contribution in [0.2, 0.25) is 0 Å². The van der Waals surface area contributed by atoms with Crippen molar-refractivity contribution in [3.63, 3.8) is 0 Å². The van der Waals surface area contributed by atoms with Gasteiger partial charge in [0.05, 0.1) is 29.5 Å². The first kappa shape index (κ1) is 17.7. The molecule has 1 aliphatic rings. The Morgan fingerprint density at radius 1 is 1.44 bits per heavy atom. The van der Waals surface area contributed by atoms with E-state index in [0.29, 0.717) is 27.5 Å². The lowest BCUT2D eigenvalue weighted by atomic mass is 10.2. The van der Waals surface area contributed by atoms with E-state index in [1.54, 1.807) is 30.6 Å². The molecule has 140 valence electrons. The van der Waals surface area contributed by atoms with E-state index in [1.807, 2.05) is 4.90 Å². The summed E-state index contributed by atoms with van der Waals surface area (Å²) in [5, 5.41) is 16.6. The highest BCUT2D eigenvalue weighted by Gasteiger charge is 2.26. The van der Waals surface area contributed by atoms with Crippen LogP contribution >= 0.6 is 15.9 Å². The van der Waals surface area contributed by atoms with Gasteiger partial charge in [-0.15, -0.1) is 0 Å². The van der Waals surface area contributed by atoms with Crippen LogP contribution in [-0.4, -0.2) is 50.0 Å². The third-order valence-corrected chi connectivity index (χ3v) is 4.93. The lowest BCUT2D eigenvalue weighted by Crippen LogP contribution is -2.33. The van der Waals surface area contributed by atoms with E-state index in [0.717, 1.165) is 19.4 Å². The van der Waals surface area contributed by atoms with Crippen molar-refractivity contribution in [1.29, 1.82) is 0 Å². The number of hydrogen-bond acceptors (Lipinski definition) is 7. The van der Waals surface area contributed by atoms with Crippen molar-refractivity contribution in [2.75, 3.05) is 23.4 Å². The number of rotatable bonds is 4. The minimum absolute atomic E-state index is 0.0110. The Kier molecular flexibility index (Phi) is 4.90. The third kappa shape index (κ3) is 3.58. The van der Waals surface area contributed by atoms with Crippen molar-refractivity contribution in [3.05, 3.63) is 41.3 Å². The van der Waals surface area contributed by atoms with E-state index in [4.69, 9.17) is 4.74 Å². The van der Waals surface area contributed by atoms with Gasteiger partial charge in [0.25, 0.3) is 0 Å². The van der Waals surface area contributed by atoms with Gasteiger partial charge < -0.3 is 14.7 Å². The number of halogens is 1. The molecule has 0 aromatic carbocycles. The molecule has 0 spiro atoms. The van der Waals surface area contributed by atoms with Gasteiger partial charge in [-0.3, -0.25) is 10.3 Å². The average Bonchev–Trinajstić information content (AvgIpc) is 3.29. The Hall–Kier alpha value is -2.72. The first-order valence-corrected chi connectivity index (χ1v) is 9.25. The maximum absolute atomic E-state index is 12.3. The molecule has 0 radical (unpaired) electrons. The van der Waals surface area contributed by atoms with Crippen molar-refractivity contribution in [3.8, 4) is 5.75 Å². The Balaban J connectivity index is 1.65. The zero-order chi connectivity index (χ0) is 18.8. The summed E-state index contributed by atoms with van der Waals surface area (Å²) in [5.74, 6) is 1.41. The molecule has 10 heteroatoms. The normalized spacial score (nSPS) is 16.7. The molecule has 1 saturated heterocycles. The Morgan fingerprint density at radius 3 is 3.11 bits per heavy atom. The average molecular weight is 433 g/mol. The number of amides is 1. The second kappa shape index (κ2) is 7.49. The van der Waals surface area contributed by atoms with Gasteiger partial charge in [0, 0.05) is 18.8 Å². The van der Waals surface area contributed by atoms with Gasteiger partial charge in [-0.25, -0.2) is 9.78 Å². The van der Waals surface area contributed by atoms with Gasteiger partial charge in [0.2, 0.25) is 0 Å². The molecule has 0 unspecified atom stereocenters. The lowest BCUT2D eigenvalue weighted by Gasteiger charge is -2.24. The van der Waals surface area contributed by atoms with Crippen molar-refractivity contribution < 1.29 is 14.6 Å². The van der Waals surface area contributed by atoms with Gasteiger partial charge in [-0.2, -0.15) is 9.61 Å². The minimum atomic E-state index is -0.659. The number of ether oxygens (including phenoxy) is 1. The first-order chi connectivity index (χ1) is 13.2. The van der Waals surface area contributed by atoms with E-state index in [9.17, 15) is 9.90 Å². The number of fused-ring (bicyclic) bond motifs is 1. The molecule has 1 fully saturated rings. The summed E-state index contributed by atoms with van der Waals surface area (Å²) in [7, 11) is 0. The lowest BCUT2D eigenvalue weighted by molar-refractivity contribution is 0.215. The van der Waals surface area contributed by atoms with Crippen LogP contribution < -0.4 is 15.0 Å². The van der Waals surface area contributed by atoms with Crippen LogP contribution in [0, 0.1) is 0 Å². The predicted octanol–water partition coefficient (Wildman–Crippen LogP) is 2.46. The second-order valence-corrected chi connectivity index (χ2v) is 6.96. The van der Waals surface area contributed by atoms with Gasteiger partial charge in [0.15, 0.2) is 11.4 Å². The van der Waals surface area contributed by atoms with Crippen LogP contribution in [0.4, 0.5) is 16.4 Å². The molecule has 0 aliphatic carbocycles. The Morgan fingerprint density at radius 2 is 2.33 bits per heavy atom. The molecule has 0 bridgehead atoms. The highest BCUT2D eigenvalue weighted by atomic mass is 79.9. The van der Waals surface area contributed by atoms with Gasteiger partial charge in [-0.05, 0) is 40.9 Å². The molecule has 3 aromatic rings. The number of carbonyl (C=O) groups is 1. The predicted molar refractivity (Wildman–Crippen MR) is 102 cm³/mol. The summed E-state index contributed by atoms with van der Waals surface area (Å²) < 4.78 is 7.46. The van der Waals surface area contributed by atoms with Crippen molar-refractivity contribution >= 4 is 39.3 Å². The van der Waals surface area contributed by atoms with Crippen LogP contribution in [0.1, 0.15) is 12.8 Å². The number of hydrogen-bond donors (Lipinski definition) is 2. The SMILES string of the molecule is O=C(Nc1cc(N2CCC[C@@H]2CO)nc2c(Br)cnn12)Oc1cccnc1. The van der Waals surface area contributed by atoms with E-state index < -0.39 is 6.09 Å². The highest BCUT2D eigenvalue weighted by Crippen LogP contribution is 2.29. The second-order valence-electron chi connectivity index (χ2n) is 6.10. The number of aromatic nitrogens is 4. The van der Waals surface area contributed by atoms with E-state index in [2.05, 4.69) is 36.3 Å². The topological polar surface area (TPSA) is 105 Å². The zero-order valence-electron chi connectivity index (χ0n) is 14.2. The van der Waals surface area contributed by atoms with Crippen LogP contribution in [0.3, 0.4) is 0 Å². The molecule has 3 aromatic heterocycles. The van der Waals surface area contributed by atoms with E-state index >= 15 is 0 Å². The van der Waals surface area contributed by atoms with Crippen LogP contribution in [0.15, 0.2) is 41.3 Å². The smallest absolute Gasteiger partial charge is 0.408 e. The van der Waals surface area contributed by atoms with Crippen molar-refractivity contribution in [2.24, 2.45) is 0 Å². The van der Waals surface area contributed by atoms with Crippen molar-refractivity contribution in [2.45, 2.75) is 18.9 Å². The number of aliphatic hydroxyl groups excluding tert-OH is 1. The summed E-state index contributed by atoms with van der Waals surface area (Å²) in [4.78, 5) is 22.9. The molecule has 9 nitrogen and oxygen atoms in total. The molecule has 1 amide bonds. The number of aliphatic hydroxyl groups is 1. The Labute approximate surface area is 163 Å². The first-order valence-electron chi connectivity index (χ1n) is 8.46. The van der Waals surface area contributed by atoms with Gasteiger partial charge in [-0.1, -0.05) is 0 Å². The maximum atomic E-state index is 12.3. The molecular formula is C17H17BrN6O3. The van der Waals surface area contributed by atoms with Crippen molar-refractivity contribution in [1.82, 2.24) is 19.6 Å². The fraction of sp³-hybridized carbons (Fsp3) is 0.294. The van der Waals surface area contributed by atoms with Crippen LogP contribution in [0.5, 0.6) is 5.75 Å². The number of anilines is 2. The van der Waals surface area contributed by atoms with E-state index in [1.165, 1.54) is 10.7 Å². The number of pyridine rings is 1. The number of carbonyl (C=O) groups excluding carboxylic acids is 1. The van der Waals surface area contributed by atoms with Gasteiger partial charge in [0.1, 0.15) is 11.6 Å². The monoisotopic (exact) mass is 432 g/mol. The molecule has 1 atom stereocenters. The standard InChI is InChI=1S/C17H17BrN6O3/c18-13-9-20-24-15(22-17(26)27-12-4-1-5-19-8-12)7-14(21-16(13)24)23-6-2-3-11(23)10-25/h1,4-5,7-9,11,25H,2-3,6,10H2,(H,22,26)/t11-/m1/s1. The number of nitrogens with one attached hydrogen (secondary N) is 1. The summed E-state index contributed by atoms with van der Waals surface area (Å²) in [6.07, 6.45) is 5.87. The zero-order valence-corrected chi connectivity index (χ0v) is 15.8.